The molecular weight excluding hydrogens is 491 g/mol. The van der Waals surface area contributed by atoms with E-state index >= 15 is 0 Å². The molecule has 0 spiro atoms. The summed E-state index contributed by atoms with van der Waals surface area (Å²) in [7, 11) is 0. The molecule has 3 aromatic carbocycles. The van der Waals surface area contributed by atoms with Crippen molar-refractivity contribution in [2.75, 3.05) is 24.7 Å². The fourth-order valence-electron chi connectivity index (χ4n) is 3.89. The average molecular weight is 515 g/mol. The third-order valence-electron chi connectivity index (χ3n) is 5.52. The summed E-state index contributed by atoms with van der Waals surface area (Å²) in [5.41, 5.74) is 2.56. The van der Waals surface area contributed by atoms with E-state index in [1.165, 1.54) is 29.2 Å². The summed E-state index contributed by atoms with van der Waals surface area (Å²) in [6, 6.07) is 17.6. The number of rotatable bonds is 10. The number of anilines is 1. The van der Waals surface area contributed by atoms with Gasteiger partial charge in [-0.1, -0.05) is 18.2 Å². The van der Waals surface area contributed by atoms with Gasteiger partial charge in [-0.25, -0.2) is 4.79 Å². The smallest absolute Gasteiger partial charge is 0.493 e. The molecule has 0 aromatic heterocycles. The first-order chi connectivity index (χ1) is 17.7. The molecular formula is C27H24F3NO6. The highest BCUT2D eigenvalue weighted by molar-refractivity contribution is 6.10. The Hall–Kier alpha value is -4.21. The summed E-state index contributed by atoms with van der Waals surface area (Å²) in [6.07, 6.45) is -4.23. The van der Waals surface area contributed by atoms with Gasteiger partial charge in [-0.05, 0) is 61.0 Å². The van der Waals surface area contributed by atoms with Crippen LogP contribution in [0.3, 0.4) is 0 Å². The summed E-state index contributed by atoms with van der Waals surface area (Å²) in [4.78, 5) is 25.9. The van der Waals surface area contributed by atoms with Crippen molar-refractivity contribution in [2.45, 2.75) is 26.3 Å². The molecule has 0 saturated heterocycles. The number of hydrogen-bond donors (Lipinski definition) is 0. The Kier molecular flexibility index (Phi) is 7.86. The quantitative estimate of drug-likeness (QED) is 0.341. The first-order valence-corrected chi connectivity index (χ1v) is 11.5. The number of alkyl halides is 3. The molecule has 0 bridgehead atoms. The fraction of sp³-hybridized carbons (Fsp3) is 0.259. The molecule has 7 nitrogen and oxygen atoms in total. The molecule has 3 aromatic rings. The Morgan fingerprint density at radius 3 is 2.46 bits per heavy atom. The Balaban J connectivity index is 1.37. The first kappa shape index (κ1) is 25.9. The second-order valence-corrected chi connectivity index (χ2v) is 8.05. The highest BCUT2D eigenvalue weighted by Crippen LogP contribution is 2.35. The molecule has 0 N–H and O–H groups in total. The van der Waals surface area contributed by atoms with Crippen LogP contribution in [0.2, 0.25) is 0 Å². The van der Waals surface area contributed by atoms with E-state index < -0.39 is 12.3 Å². The van der Waals surface area contributed by atoms with Gasteiger partial charge in [0.05, 0.1) is 19.8 Å². The molecule has 0 aliphatic carbocycles. The van der Waals surface area contributed by atoms with Gasteiger partial charge in [0.25, 0.3) is 5.91 Å². The zero-order valence-electron chi connectivity index (χ0n) is 19.9. The predicted octanol–water partition coefficient (Wildman–Crippen LogP) is 5.31. The zero-order chi connectivity index (χ0) is 26.4. The summed E-state index contributed by atoms with van der Waals surface area (Å²) < 4.78 is 57.5. The lowest BCUT2D eigenvalue weighted by molar-refractivity contribution is -0.274. The van der Waals surface area contributed by atoms with E-state index in [-0.39, 0.29) is 31.4 Å². The number of ether oxygens (including phenoxy) is 4. The lowest BCUT2D eigenvalue weighted by atomic mass is 10.1. The highest BCUT2D eigenvalue weighted by atomic mass is 19.4. The van der Waals surface area contributed by atoms with Crippen molar-refractivity contribution in [3.8, 4) is 17.2 Å². The van der Waals surface area contributed by atoms with Crippen LogP contribution in [0.15, 0.2) is 66.7 Å². The van der Waals surface area contributed by atoms with Gasteiger partial charge in [-0.3, -0.25) is 4.79 Å². The molecule has 0 saturated carbocycles. The summed E-state index contributed by atoms with van der Waals surface area (Å²) in [6.45, 7) is 2.39. The Morgan fingerprint density at radius 1 is 0.973 bits per heavy atom. The highest BCUT2D eigenvalue weighted by Gasteiger charge is 2.33. The van der Waals surface area contributed by atoms with Crippen LogP contribution < -0.4 is 19.1 Å². The number of hydrogen-bond acceptors (Lipinski definition) is 6. The van der Waals surface area contributed by atoms with E-state index in [0.29, 0.717) is 41.3 Å². The minimum atomic E-state index is -4.79. The lowest BCUT2D eigenvalue weighted by Crippen LogP contribution is -2.23. The van der Waals surface area contributed by atoms with Crippen LogP contribution in [0.5, 0.6) is 17.2 Å². The number of halogens is 3. The maximum absolute atomic E-state index is 13.0. The SMILES string of the molecule is CCOC(=O)COc1cccc(CCOc2cccc3c2CN(c2ccc(OC(F)(F)F)cc2)C3=O)c1. The number of esters is 1. The zero-order valence-corrected chi connectivity index (χ0v) is 19.9. The van der Waals surface area contributed by atoms with Crippen molar-refractivity contribution < 1.29 is 41.7 Å². The molecule has 0 atom stereocenters. The van der Waals surface area contributed by atoms with E-state index in [4.69, 9.17) is 14.2 Å². The first-order valence-electron chi connectivity index (χ1n) is 11.5. The molecule has 0 radical (unpaired) electrons. The van der Waals surface area contributed by atoms with Gasteiger partial charge in [0.2, 0.25) is 0 Å². The van der Waals surface area contributed by atoms with Crippen molar-refractivity contribution in [1.82, 2.24) is 0 Å². The fourth-order valence-corrected chi connectivity index (χ4v) is 3.89. The van der Waals surface area contributed by atoms with Gasteiger partial charge in [-0.2, -0.15) is 0 Å². The molecule has 0 fully saturated rings. The van der Waals surface area contributed by atoms with Crippen LogP contribution in [-0.4, -0.2) is 38.1 Å². The minimum Gasteiger partial charge on any atom is -0.493 e. The number of nitrogens with zero attached hydrogens (tertiary/aromatic N) is 1. The summed E-state index contributed by atoms with van der Waals surface area (Å²) >= 11 is 0. The molecule has 194 valence electrons. The lowest BCUT2D eigenvalue weighted by Gasteiger charge is -2.17. The summed E-state index contributed by atoms with van der Waals surface area (Å²) in [5, 5.41) is 0. The van der Waals surface area contributed by atoms with Gasteiger partial charge in [-0.15, -0.1) is 13.2 Å². The third-order valence-corrected chi connectivity index (χ3v) is 5.52. The largest absolute Gasteiger partial charge is 0.573 e. The second kappa shape index (κ2) is 11.2. The Morgan fingerprint density at radius 2 is 1.73 bits per heavy atom. The molecule has 10 heteroatoms. The van der Waals surface area contributed by atoms with Crippen molar-refractivity contribution in [1.29, 1.82) is 0 Å². The standard InChI is InChI=1S/C27H24F3NO6/c1-2-34-25(32)17-36-21-6-3-5-18(15-21)13-14-35-24-8-4-7-22-23(24)16-31(26(22)33)19-9-11-20(12-10-19)37-27(28,29)30/h3-12,15H,2,13-14,16-17H2,1H3. The molecule has 4 rings (SSSR count). The monoisotopic (exact) mass is 515 g/mol. The van der Waals surface area contributed by atoms with Crippen molar-refractivity contribution >= 4 is 17.6 Å². The van der Waals surface area contributed by atoms with Crippen LogP contribution in [0, 0.1) is 0 Å². The molecule has 37 heavy (non-hydrogen) atoms. The summed E-state index contributed by atoms with van der Waals surface area (Å²) in [5.74, 6) is 0.0265. The van der Waals surface area contributed by atoms with E-state index in [1.807, 2.05) is 18.2 Å². The molecule has 1 aliphatic heterocycles. The number of carbonyl (C=O) groups is 2. The maximum Gasteiger partial charge on any atom is 0.573 e. The maximum atomic E-state index is 13.0. The number of fused-ring (bicyclic) bond motifs is 1. The topological polar surface area (TPSA) is 74.3 Å². The van der Waals surface area contributed by atoms with Crippen molar-refractivity contribution in [3.63, 3.8) is 0 Å². The van der Waals surface area contributed by atoms with Crippen molar-refractivity contribution in [3.05, 3.63) is 83.4 Å². The molecule has 0 unspecified atom stereocenters. The van der Waals surface area contributed by atoms with Gasteiger partial charge < -0.3 is 23.8 Å². The number of carbonyl (C=O) groups excluding carboxylic acids is 2. The Bertz CT molecular complexity index is 1260. The van der Waals surface area contributed by atoms with E-state index in [2.05, 4.69) is 4.74 Å². The van der Waals surface area contributed by atoms with Gasteiger partial charge in [0.15, 0.2) is 6.61 Å². The minimum absolute atomic E-state index is 0.174. The normalized spacial score (nSPS) is 12.8. The second-order valence-electron chi connectivity index (χ2n) is 8.05. The van der Waals surface area contributed by atoms with Crippen LogP contribution in [-0.2, 0) is 22.5 Å². The van der Waals surface area contributed by atoms with Crippen LogP contribution in [0.25, 0.3) is 0 Å². The van der Waals surface area contributed by atoms with E-state index in [1.54, 1.807) is 31.2 Å². The average Bonchev–Trinajstić information content (AvgIpc) is 3.20. The van der Waals surface area contributed by atoms with Crippen LogP contribution >= 0.6 is 0 Å². The van der Waals surface area contributed by atoms with Gasteiger partial charge in [0, 0.05) is 23.2 Å². The van der Waals surface area contributed by atoms with Crippen LogP contribution in [0.4, 0.5) is 18.9 Å². The molecule has 1 amide bonds. The predicted molar refractivity (Wildman–Crippen MR) is 128 cm³/mol. The third kappa shape index (κ3) is 6.72. The molecule has 1 heterocycles. The van der Waals surface area contributed by atoms with Gasteiger partial charge in [0.1, 0.15) is 17.2 Å². The number of amides is 1. The van der Waals surface area contributed by atoms with Gasteiger partial charge >= 0.3 is 12.3 Å². The van der Waals surface area contributed by atoms with Crippen LogP contribution in [0.1, 0.15) is 28.4 Å². The Labute approximate surface area is 211 Å². The van der Waals surface area contributed by atoms with E-state index in [9.17, 15) is 22.8 Å². The van der Waals surface area contributed by atoms with E-state index in [0.717, 1.165) is 5.56 Å². The molecule has 1 aliphatic rings. The number of benzene rings is 3. The van der Waals surface area contributed by atoms with Crippen molar-refractivity contribution in [2.24, 2.45) is 0 Å².